The van der Waals surface area contributed by atoms with Crippen molar-refractivity contribution in [2.75, 3.05) is 0 Å². The summed E-state index contributed by atoms with van der Waals surface area (Å²) in [7, 11) is 0. The zero-order valence-corrected chi connectivity index (χ0v) is 13.0. The molecule has 22 heavy (non-hydrogen) atoms. The summed E-state index contributed by atoms with van der Waals surface area (Å²) < 4.78 is 0. The second-order valence-electron chi connectivity index (χ2n) is 6.36. The highest BCUT2D eigenvalue weighted by Crippen LogP contribution is 2.29. The Hall–Kier alpha value is -2.73. The Morgan fingerprint density at radius 1 is 0.955 bits per heavy atom. The molecule has 0 aliphatic heterocycles. The van der Waals surface area contributed by atoms with E-state index < -0.39 is 0 Å². The molecule has 1 heterocycles. The van der Waals surface area contributed by atoms with Crippen LogP contribution < -0.4 is 0 Å². The van der Waals surface area contributed by atoms with Crippen molar-refractivity contribution in [3.05, 3.63) is 59.9 Å². The van der Waals surface area contributed by atoms with Crippen LogP contribution in [0.25, 0.3) is 22.2 Å². The van der Waals surface area contributed by atoms with E-state index in [1.54, 1.807) is 6.07 Å². The molecule has 108 valence electrons. The van der Waals surface area contributed by atoms with Crippen molar-refractivity contribution in [2.45, 2.75) is 26.2 Å². The summed E-state index contributed by atoms with van der Waals surface area (Å²) in [5, 5.41) is 10.1. The molecule has 0 N–H and O–H groups in total. The summed E-state index contributed by atoms with van der Waals surface area (Å²) in [6, 6.07) is 17.7. The van der Waals surface area contributed by atoms with Crippen molar-refractivity contribution in [2.24, 2.45) is 0 Å². The lowest BCUT2D eigenvalue weighted by atomic mass is 9.94. The lowest BCUT2D eigenvalue weighted by Crippen LogP contribution is -2.16. The highest BCUT2D eigenvalue weighted by molar-refractivity contribution is 5.92. The van der Waals surface area contributed by atoms with E-state index in [9.17, 15) is 0 Å². The summed E-state index contributed by atoms with van der Waals surface area (Å²) >= 11 is 0. The molecule has 2 aromatic carbocycles. The third kappa shape index (κ3) is 2.56. The SMILES string of the molecule is CC(C)(C)c1nc(-c2cccc(C#N)c2)c2ccccc2n1. The third-order valence-corrected chi connectivity index (χ3v) is 3.54. The minimum absolute atomic E-state index is 0.133. The maximum atomic E-state index is 9.12. The lowest BCUT2D eigenvalue weighted by Gasteiger charge is -2.18. The van der Waals surface area contributed by atoms with Gasteiger partial charge in [0.1, 0.15) is 5.82 Å². The van der Waals surface area contributed by atoms with E-state index in [-0.39, 0.29) is 5.41 Å². The minimum Gasteiger partial charge on any atom is -0.232 e. The number of aromatic nitrogens is 2. The molecule has 0 spiro atoms. The number of para-hydroxylation sites is 1. The van der Waals surface area contributed by atoms with Crippen molar-refractivity contribution in [1.29, 1.82) is 5.26 Å². The van der Waals surface area contributed by atoms with Crippen LogP contribution in [0, 0.1) is 11.3 Å². The standard InChI is InChI=1S/C19H17N3/c1-19(2,3)18-21-16-10-5-4-9-15(16)17(22-18)14-8-6-7-13(11-14)12-20/h4-11H,1-3H3. The number of nitrogens with zero attached hydrogens (tertiary/aromatic N) is 3. The van der Waals surface area contributed by atoms with E-state index in [2.05, 4.69) is 26.8 Å². The van der Waals surface area contributed by atoms with Crippen molar-refractivity contribution in [3.63, 3.8) is 0 Å². The van der Waals surface area contributed by atoms with Crippen molar-refractivity contribution < 1.29 is 0 Å². The number of hydrogen-bond acceptors (Lipinski definition) is 3. The summed E-state index contributed by atoms with van der Waals surface area (Å²) in [6.45, 7) is 6.31. The topological polar surface area (TPSA) is 49.6 Å². The normalized spacial score (nSPS) is 11.4. The van der Waals surface area contributed by atoms with Gasteiger partial charge in [-0.1, -0.05) is 51.1 Å². The van der Waals surface area contributed by atoms with Gasteiger partial charge in [0.15, 0.2) is 0 Å². The van der Waals surface area contributed by atoms with Gasteiger partial charge in [0.25, 0.3) is 0 Å². The van der Waals surface area contributed by atoms with E-state index in [4.69, 9.17) is 15.2 Å². The van der Waals surface area contributed by atoms with Gasteiger partial charge in [0, 0.05) is 16.4 Å². The highest BCUT2D eigenvalue weighted by Gasteiger charge is 2.20. The Morgan fingerprint density at radius 3 is 2.45 bits per heavy atom. The Labute approximate surface area is 130 Å². The van der Waals surface area contributed by atoms with Gasteiger partial charge in [-0.05, 0) is 18.2 Å². The molecule has 0 aliphatic rings. The number of rotatable bonds is 1. The van der Waals surface area contributed by atoms with Gasteiger partial charge in [-0.2, -0.15) is 5.26 Å². The van der Waals surface area contributed by atoms with Crippen LogP contribution in [0.3, 0.4) is 0 Å². The Balaban J connectivity index is 2.34. The van der Waals surface area contributed by atoms with Gasteiger partial charge < -0.3 is 0 Å². The largest absolute Gasteiger partial charge is 0.232 e. The zero-order chi connectivity index (χ0) is 15.7. The second kappa shape index (κ2) is 5.23. The lowest BCUT2D eigenvalue weighted by molar-refractivity contribution is 0.549. The van der Waals surface area contributed by atoms with Gasteiger partial charge in [0.2, 0.25) is 0 Å². The van der Waals surface area contributed by atoms with Crippen LogP contribution in [0.5, 0.6) is 0 Å². The number of fused-ring (bicyclic) bond motifs is 1. The first-order valence-corrected chi connectivity index (χ1v) is 7.27. The average molecular weight is 287 g/mol. The molecule has 0 atom stereocenters. The predicted molar refractivity (Wildman–Crippen MR) is 88.4 cm³/mol. The van der Waals surface area contributed by atoms with Gasteiger partial charge in [0.05, 0.1) is 22.8 Å². The fraction of sp³-hybridized carbons (Fsp3) is 0.211. The molecule has 3 aromatic rings. The molecule has 0 unspecified atom stereocenters. The zero-order valence-electron chi connectivity index (χ0n) is 13.0. The summed E-state index contributed by atoms with van der Waals surface area (Å²) in [5.74, 6) is 0.809. The summed E-state index contributed by atoms with van der Waals surface area (Å²) in [5.41, 5.74) is 3.26. The maximum absolute atomic E-state index is 9.12. The minimum atomic E-state index is -0.133. The first-order valence-electron chi connectivity index (χ1n) is 7.27. The second-order valence-corrected chi connectivity index (χ2v) is 6.36. The average Bonchev–Trinajstić information content (AvgIpc) is 2.53. The molecular weight excluding hydrogens is 270 g/mol. The van der Waals surface area contributed by atoms with E-state index in [1.165, 1.54) is 0 Å². The van der Waals surface area contributed by atoms with Gasteiger partial charge >= 0.3 is 0 Å². The van der Waals surface area contributed by atoms with Crippen LogP contribution in [0.2, 0.25) is 0 Å². The van der Waals surface area contributed by atoms with Crippen LogP contribution >= 0.6 is 0 Å². The molecule has 3 nitrogen and oxygen atoms in total. The number of hydrogen-bond donors (Lipinski definition) is 0. The van der Waals surface area contributed by atoms with Crippen LogP contribution in [0.4, 0.5) is 0 Å². The number of nitriles is 1. The molecule has 3 rings (SSSR count). The van der Waals surface area contributed by atoms with Crippen LogP contribution in [0.15, 0.2) is 48.5 Å². The molecule has 1 aromatic heterocycles. The first-order chi connectivity index (χ1) is 10.5. The fourth-order valence-electron chi connectivity index (χ4n) is 2.37. The molecule has 0 bridgehead atoms. The van der Waals surface area contributed by atoms with Crippen LogP contribution in [-0.2, 0) is 5.41 Å². The van der Waals surface area contributed by atoms with E-state index in [0.717, 1.165) is 28.0 Å². The first kappa shape index (κ1) is 14.2. The van der Waals surface area contributed by atoms with Gasteiger partial charge in [-0.3, -0.25) is 0 Å². The highest BCUT2D eigenvalue weighted by atomic mass is 14.9. The molecule has 0 saturated carbocycles. The number of benzene rings is 2. The monoisotopic (exact) mass is 287 g/mol. The molecule has 0 aliphatic carbocycles. The van der Waals surface area contributed by atoms with Gasteiger partial charge in [-0.25, -0.2) is 9.97 Å². The Morgan fingerprint density at radius 2 is 1.73 bits per heavy atom. The molecule has 0 amide bonds. The summed E-state index contributed by atoms with van der Waals surface area (Å²) in [4.78, 5) is 9.50. The Bertz CT molecular complexity index is 883. The quantitative estimate of drug-likeness (QED) is 0.663. The van der Waals surface area contributed by atoms with Crippen LogP contribution in [-0.4, -0.2) is 9.97 Å². The predicted octanol–water partition coefficient (Wildman–Crippen LogP) is 4.47. The molecule has 0 fully saturated rings. The van der Waals surface area contributed by atoms with E-state index >= 15 is 0 Å². The molecule has 0 radical (unpaired) electrons. The molecule has 0 saturated heterocycles. The Kier molecular flexibility index (Phi) is 3.38. The van der Waals surface area contributed by atoms with E-state index in [1.807, 2.05) is 42.5 Å². The van der Waals surface area contributed by atoms with Gasteiger partial charge in [-0.15, -0.1) is 0 Å². The summed E-state index contributed by atoms with van der Waals surface area (Å²) in [6.07, 6.45) is 0. The maximum Gasteiger partial charge on any atom is 0.135 e. The molecular formula is C19H17N3. The molecule has 3 heteroatoms. The smallest absolute Gasteiger partial charge is 0.135 e. The fourth-order valence-corrected chi connectivity index (χ4v) is 2.37. The van der Waals surface area contributed by atoms with Crippen molar-refractivity contribution in [3.8, 4) is 17.3 Å². The van der Waals surface area contributed by atoms with Crippen LogP contribution in [0.1, 0.15) is 32.2 Å². The third-order valence-electron chi connectivity index (χ3n) is 3.54. The van der Waals surface area contributed by atoms with E-state index in [0.29, 0.717) is 5.56 Å². The van der Waals surface area contributed by atoms with Crippen molar-refractivity contribution in [1.82, 2.24) is 9.97 Å². The van der Waals surface area contributed by atoms with Crippen molar-refractivity contribution >= 4 is 10.9 Å².